The Morgan fingerprint density at radius 3 is 0.571 bits per heavy atom. The molecule has 0 fully saturated rings. The molecule has 0 bridgehead atoms. The molecule has 0 saturated heterocycles. The third kappa shape index (κ3) is 70.2. The second-order valence-corrected chi connectivity index (χ2v) is 13.6. The predicted molar refractivity (Wildman–Crippen MR) is 222 cm³/mol. The van der Waals surface area contributed by atoms with Crippen LogP contribution in [0.4, 0.5) is 0 Å². The Morgan fingerprint density at radius 1 is 0.393 bits per heavy atom. The molecule has 0 aromatic heterocycles. The van der Waals surface area contributed by atoms with Crippen LogP contribution in [0.25, 0.3) is 34.4 Å². The number of carbonyl (C=O) groups is 4. The topological polar surface area (TPSA) is 303 Å². The zero-order valence-corrected chi connectivity index (χ0v) is 39.3. The molecule has 15 heteroatoms. The van der Waals surface area contributed by atoms with Crippen LogP contribution in [0.5, 0.6) is 0 Å². The number of carboxylic acid groups (broad SMARTS) is 4. The normalized spacial score (nSPS) is 13.3. The van der Waals surface area contributed by atoms with Crippen molar-refractivity contribution < 1.29 is 60.7 Å². The molecule has 7 unspecified atom stereocenters. The maximum absolute atomic E-state index is 10.3. The van der Waals surface area contributed by atoms with Gasteiger partial charge in [-0.2, -0.15) is 37.8 Å². The monoisotopic (exact) mass is 984 g/mol. The Labute approximate surface area is 358 Å². The van der Waals surface area contributed by atoms with Gasteiger partial charge in [0.15, 0.2) is 0 Å². The van der Waals surface area contributed by atoms with Crippen molar-refractivity contribution in [2.75, 3.05) is 19.6 Å². The first-order valence-corrected chi connectivity index (χ1v) is 20.6. The van der Waals surface area contributed by atoms with Crippen molar-refractivity contribution in [2.24, 2.45) is 23.7 Å². The van der Waals surface area contributed by atoms with Crippen LogP contribution in [0.15, 0.2) is 0 Å². The minimum Gasteiger partial charge on any atom is -0.679 e. The first kappa shape index (κ1) is 72.0. The smallest absolute Gasteiger partial charge is 0.679 e. The van der Waals surface area contributed by atoms with Crippen molar-refractivity contribution in [3.05, 3.63) is 34.4 Å². The number of rotatable bonds is 23. The van der Waals surface area contributed by atoms with E-state index in [0.717, 1.165) is 77.0 Å². The van der Waals surface area contributed by atoms with Crippen LogP contribution in [-0.4, -0.2) is 61.6 Å². The van der Waals surface area contributed by atoms with Gasteiger partial charge in [0.05, 0.1) is 0 Å². The minimum atomic E-state index is -0.893. The fourth-order valence-corrected chi connectivity index (χ4v) is 3.76. The summed E-state index contributed by atoms with van der Waals surface area (Å²) in [6.07, 6.45) is 14.1. The Kier molecular flexibility index (Phi) is 74.1. The van der Waals surface area contributed by atoms with Gasteiger partial charge in [0.2, 0.25) is 0 Å². The van der Waals surface area contributed by atoms with E-state index in [1.807, 2.05) is 27.7 Å². The van der Waals surface area contributed by atoms with E-state index < -0.39 is 23.9 Å². The number of carbonyl (C=O) groups excluding carboxylic acids is 4. The maximum Gasteiger partial charge on any atom is 4.00 e. The third-order valence-corrected chi connectivity index (χ3v) is 7.85. The fraction of sp³-hybridized carbons (Fsp3) is 0.902. The Balaban J connectivity index is -0.0000000814. The zero-order valence-electron chi connectivity index (χ0n) is 37.1. The molecule has 0 heterocycles. The van der Waals surface area contributed by atoms with Gasteiger partial charge >= 0.3 is 21.1 Å². The Morgan fingerprint density at radius 2 is 0.518 bits per heavy atom. The summed E-state index contributed by atoms with van der Waals surface area (Å²) in [6.45, 7) is 21.5. The Hall–Kier alpha value is -1.67. The third-order valence-electron chi connectivity index (χ3n) is 7.85. The number of hydrogen-bond acceptors (Lipinski definition) is 8. The van der Waals surface area contributed by atoms with Crippen molar-refractivity contribution in [2.45, 2.75) is 197 Å². The molecule has 0 rings (SSSR count). The van der Waals surface area contributed by atoms with Crippen LogP contribution in [-0.2, 0) is 40.2 Å². The summed E-state index contributed by atoms with van der Waals surface area (Å²) in [5.74, 6) is -4.46. The second kappa shape index (κ2) is 57.7. The average molecular weight is 984 g/mol. The summed E-state index contributed by atoms with van der Waals surface area (Å²) in [4.78, 5) is 41.3. The maximum atomic E-state index is 10.3. The molecular formula is C41H84N6O8Pt-6. The predicted octanol–water partition coefficient (Wildman–Crippen LogP) is 8.25. The number of nitrogens with one attached hydrogen (secondary N) is 6. The van der Waals surface area contributed by atoms with Crippen molar-refractivity contribution in [1.29, 1.82) is 0 Å². The number of carboxylic acids is 4. The van der Waals surface area contributed by atoms with Gasteiger partial charge in [0.25, 0.3) is 0 Å². The first-order valence-electron chi connectivity index (χ1n) is 20.6. The second-order valence-electron chi connectivity index (χ2n) is 13.6. The van der Waals surface area contributed by atoms with Crippen molar-refractivity contribution in [3.8, 4) is 0 Å². The van der Waals surface area contributed by atoms with Gasteiger partial charge in [-0.05, 0) is 75.0 Å². The van der Waals surface area contributed by atoms with Gasteiger partial charge in [0.1, 0.15) is 0 Å². The fourth-order valence-electron chi connectivity index (χ4n) is 3.76. The largest absolute Gasteiger partial charge is 4.00 e. The molecule has 0 radical (unpaired) electrons. The summed E-state index contributed by atoms with van der Waals surface area (Å²) in [6, 6.07) is -0.597. The molecule has 0 amide bonds. The molecule has 342 valence electrons. The summed E-state index contributed by atoms with van der Waals surface area (Å²) in [5.41, 5.74) is 39.3. The van der Waals surface area contributed by atoms with E-state index in [4.69, 9.17) is 34.4 Å². The standard InChI is InChI=1S/4C8H16O2.3C3H8N2.Pt/c4*1-3-5-6-7(4-2)8(9)10;3*1-3(5)2-4;/h4*7H,3-6H2,1-2H3,(H,9,10);3*3-5H,2H2,1H3;/q;;;;3*-2;+4/p-4. The van der Waals surface area contributed by atoms with E-state index in [-0.39, 0.29) is 82.5 Å². The molecule has 14 nitrogen and oxygen atoms in total. The summed E-state index contributed by atoms with van der Waals surface area (Å²) >= 11 is 0. The zero-order chi connectivity index (χ0) is 44.8. The van der Waals surface area contributed by atoms with Gasteiger partial charge in [-0.25, -0.2) is 0 Å². The number of hydrogen-bond donors (Lipinski definition) is 0. The van der Waals surface area contributed by atoms with Gasteiger partial charge < -0.3 is 74.0 Å². The van der Waals surface area contributed by atoms with Gasteiger partial charge in [-0.15, -0.1) is 0 Å². The van der Waals surface area contributed by atoms with Crippen molar-refractivity contribution >= 4 is 23.9 Å². The van der Waals surface area contributed by atoms with Crippen LogP contribution in [0.2, 0.25) is 0 Å². The van der Waals surface area contributed by atoms with Crippen LogP contribution in [0.3, 0.4) is 0 Å². The van der Waals surface area contributed by atoms with Crippen LogP contribution in [0.1, 0.15) is 179 Å². The minimum absolute atomic E-state index is 0. The van der Waals surface area contributed by atoms with Crippen LogP contribution in [0, 0.1) is 23.7 Å². The number of unbranched alkanes of at least 4 members (excludes halogenated alkanes) is 4. The molecule has 7 atom stereocenters. The van der Waals surface area contributed by atoms with E-state index >= 15 is 0 Å². The molecule has 56 heavy (non-hydrogen) atoms. The SMILES string of the molecule is CC([NH-])C[NH-].CC([NH-])C[NH-].CC([NH-])C[NH-].CCCCC(CC)C(=O)[O-].CCCCC(CC)C(=O)[O-].CCCCC(CC)C(=O)[O-].CCCCC(CC)C(=O)[O-].[Pt+4]. The molecule has 0 aromatic carbocycles. The van der Waals surface area contributed by atoms with Crippen molar-refractivity contribution in [1.82, 2.24) is 0 Å². The van der Waals surface area contributed by atoms with Crippen LogP contribution >= 0.6 is 0 Å². The first-order chi connectivity index (χ1) is 25.7. The summed E-state index contributed by atoms with van der Waals surface area (Å²) in [5, 5.41) is 41.3. The Bertz CT molecular complexity index is 689. The number of aliphatic carboxylic acids is 4. The van der Waals surface area contributed by atoms with E-state index in [1.165, 1.54) is 0 Å². The molecule has 0 spiro atoms. The van der Waals surface area contributed by atoms with E-state index in [2.05, 4.69) is 27.7 Å². The summed E-state index contributed by atoms with van der Waals surface area (Å²) < 4.78 is 0. The molecule has 6 N–H and O–H groups in total. The van der Waals surface area contributed by atoms with Gasteiger partial charge in [-0.3, -0.25) is 0 Å². The molecule has 0 aliphatic heterocycles. The van der Waals surface area contributed by atoms with Gasteiger partial charge in [-0.1, -0.05) is 128 Å². The molecule has 0 aromatic rings. The van der Waals surface area contributed by atoms with E-state index in [9.17, 15) is 39.6 Å². The molecule has 0 aliphatic rings. The molecular weight excluding hydrogens is 900 g/mol. The average Bonchev–Trinajstić information content (AvgIpc) is 3.14. The van der Waals surface area contributed by atoms with Crippen molar-refractivity contribution in [3.63, 3.8) is 0 Å². The summed E-state index contributed by atoms with van der Waals surface area (Å²) in [7, 11) is 0. The van der Waals surface area contributed by atoms with Gasteiger partial charge in [0, 0.05) is 23.9 Å². The van der Waals surface area contributed by atoms with E-state index in [0.29, 0.717) is 25.7 Å². The molecule has 0 saturated carbocycles. The van der Waals surface area contributed by atoms with E-state index in [1.54, 1.807) is 20.8 Å². The molecule has 0 aliphatic carbocycles. The van der Waals surface area contributed by atoms with Crippen LogP contribution < -0.4 is 20.4 Å². The quantitative estimate of drug-likeness (QED) is 0.0957.